The van der Waals surface area contributed by atoms with Crippen LogP contribution in [0.25, 0.3) is 10.8 Å². The third kappa shape index (κ3) is 5.31. The molecule has 3 aromatic carbocycles. The van der Waals surface area contributed by atoms with E-state index in [0.717, 1.165) is 16.3 Å². The molecule has 2 N–H and O–H groups in total. The smallest absolute Gasteiger partial charge is 0.251 e. The minimum atomic E-state index is -0.137. The van der Waals surface area contributed by atoms with Gasteiger partial charge in [0.2, 0.25) is 5.91 Å². The van der Waals surface area contributed by atoms with E-state index in [1.54, 1.807) is 0 Å². The molecule has 4 nitrogen and oxygen atoms in total. The van der Waals surface area contributed by atoms with E-state index >= 15 is 0 Å². The Morgan fingerprint density at radius 1 is 0.815 bits per heavy atom. The Morgan fingerprint density at radius 2 is 1.52 bits per heavy atom. The van der Waals surface area contributed by atoms with Crippen LogP contribution in [0.5, 0.6) is 0 Å². The number of hydrogen-bond donors (Lipinski definition) is 2. The summed E-state index contributed by atoms with van der Waals surface area (Å²) in [7, 11) is 0. The van der Waals surface area contributed by atoms with Crippen LogP contribution in [0.4, 0.5) is 0 Å². The number of benzene rings is 3. The molecule has 5 heteroatoms. The van der Waals surface area contributed by atoms with Gasteiger partial charge in [-0.1, -0.05) is 60.1 Å². The van der Waals surface area contributed by atoms with Crippen LogP contribution in [0.15, 0.2) is 66.7 Å². The topological polar surface area (TPSA) is 58.2 Å². The Bertz CT molecular complexity index is 933. The first-order chi connectivity index (χ1) is 13.1. The predicted molar refractivity (Wildman–Crippen MR) is 109 cm³/mol. The van der Waals surface area contributed by atoms with Gasteiger partial charge in [0.1, 0.15) is 0 Å². The van der Waals surface area contributed by atoms with Gasteiger partial charge in [0.15, 0.2) is 0 Å². The second kappa shape index (κ2) is 9.19. The van der Waals surface area contributed by atoms with Crippen molar-refractivity contribution in [3.05, 3.63) is 82.9 Å². The number of rotatable bonds is 7. The van der Waals surface area contributed by atoms with E-state index in [1.807, 2.05) is 66.7 Å². The molecule has 0 atom stereocenters. The number of aryl methyl sites for hydroxylation is 1. The lowest BCUT2D eigenvalue weighted by atomic mass is 10.0. The fourth-order valence-corrected chi connectivity index (χ4v) is 3.02. The second-order valence-electron chi connectivity index (χ2n) is 6.26. The van der Waals surface area contributed by atoms with Crippen molar-refractivity contribution in [2.45, 2.75) is 12.8 Å². The van der Waals surface area contributed by atoms with Crippen molar-refractivity contribution >= 4 is 34.2 Å². The molecule has 0 bridgehead atoms. The number of amides is 2. The molecule has 27 heavy (non-hydrogen) atoms. The van der Waals surface area contributed by atoms with Crippen molar-refractivity contribution in [1.82, 2.24) is 10.6 Å². The van der Waals surface area contributed by atoms with Crippen LogP contribution in [0.1, 0.15) is 22.3 Å². The first kappa shape index (κ1) is 18.9. The summed E-state index contributed by atoms with van der Waals surface area (Å²) in [6.45, 7) is 0.782. The molecule has 2 amide bonds. The summed E-state index contributed by atoms with van der Waals surface area (Å²) in [6, 6.07) is 20.9. The second-order valence-corrected chi connectivity index (χ2v) is 6.70. The van der Waals surface area contributed by atoms with Crippen molar-refractivity contribution in [2.24, 2.45) is 0 Å². The van der Waals surface area contributed by atoms with Gasteiger partial charge in [-0.3, -0.25) is 9.59 Å². The number of halogens is 1. The molecule has 0 radical (unpaired) electrons. The van der Waals surface area contributed by atoms with Crippen LogP contribution in [0, 0.1) is 0 Å². The molecule has 0 fully saturated rings. The van der Waals surface area contributed by atoms with E-state index in [-0.39, 0.29) is 11.8 Å². The first-order valence-electron chi connectivity index (χ1n) is 8.90. The largest absolute Gasteiger partial charge is 0.354 e. The normalized spacial score (nSPS) is 10.6. The summed E-state index contributed by atoms with van der Waals surface area (Å²) in [4.78, 5) is 24.3. The summed E-state index contributed by atoms with van der Waals surface area (Å²) in [5.41, 5.74) is 1.71. The van der Waals surface area contributed by atoms with Crippen LogP contribution in [-0.4, -0.2) is 24.9 Å². The van der Waals surface area contributed by atoms with Crippen LogP contribution in [-0.2, 0) is 11.2 Å². The Kier molecular flexibility index (Phi) is 6.44. The average molecular weight is 381 g/mol. The summed E-state index contributed by atoms with van der Waals surface area (Å²) in [5, 5.41) is 8.32. The third-order valence-electron chi connectivity index (χ3n) is 4.32. The molecule has 0 spiro atoms. The zero-order chi connectivity index (χ0) is 19.1. The number of carbonyl (C=O) groups excluding carboxylic acids is 2. The summed E-state index contributed by atoms with van der Waals surface area (Å²) in [6.07, 6.45) is 1.06. The molecule has 0 heterocycles. The highest BCUT2D eigenvalue weighted by molar-refractivity contribution is 6.30. The molecule has 0 saturated carbocycles. The van der Waals surface area contributed by atoms with Crippen LogP contribution >= 0.6 is 11.6 Å². The molecular formula is C22H21ClN2O2. The lowest BCUT2D eigenvalue weighted by Crippen LogP contribution is -2.34. The molecule has 0 saturated heterocycles. The molecule has 0 aliphatic rings. The summed E-state index contributed by atoms with van der Waals surface area (Å²) >= 11 is 5.85. The van der Waals surface area contributed by atoms with Gasteiger partial charge in [0.25, 0.3) is 5.91 Å². The fraction of sp³-hybridized carbons (Fsp3) is 0.182. The highest BCUT2D eigenvalue weighted by atomic mass is 35.5. The lowest BCUT2D eigenvalue weighted by molar-refractivity contribution is -0.121. The van der Waals surface area contributed by atoms with E-state index in [4.69, 9.17) is 11.6 Å². The number of fused-ring (bicyclic) bond motifs is 1. The maximum absolute atomic E-state index is 12.4. The van der Waals surface area contributed by atoms with Gasteiger partial charge >= 0.3 is 0 Å². The van der Waals surface area contributed by atoms with Crippen LogP contribution in [0.2, 0.25) is 5.02 Å². The van der Waals surface area contributed by atoms with Crippen molar-refractivity contribution in [3.63, 3.8) is 0 Å². The van der Waals surface area contributed by atoms with Gasteiger partial charge in [-0.05, 0) is 41.0 Å². The van der Waals surface area contributed by atoms with Gasteiger partial charge in [0, 0.05) is 30.1 Å². The summed E-state index contributed by atoms with van der Waals surface area (Å²) < 4.78 is 0. The Hall–Kier alpha value is -2.85. The van der Waals surface area contributed by atoms with Crippen molar-refractivity contribution < 1.29 is 9.59 Å². The Balaban J connectivity index is 1.42. The monoisotopic (exact) mass is 380 g/mol. The minimum Gasteiger partial charge on any atom is -0.354 e. The van der Waals surface area contributed by atoms with E-state index in [0.29, 0.717) is 36.5 Å². The van der Waals surface area contributed by atoms with Gasteiger partial charge in [0.05, 0.1) is 0 Å². The van der Waals surface area contributed by atoms with Crippen molar-refractivity contribution in [3.8, 4) is 0 Å². The fourth-order valence-electron chi connectivity index (χ4n) is 2.89. The Labute approximate surface area is 163 Å². The van der Waals surface area contributed by atoms with Crippen molar-refractivity contribution in [2.75, 3.05) is 13.1 Å². The molecule has 3 rings (SSSR count). The highest BCUT2D eigenvalue weighted by Gasteiger charge is 2.09. The number of carbonyl (C=O) groups is 2. The number of nitrogens with one attached hydrogen (secondary N) is 2. The lowest BCUT2D eigenvalue weighted by Gasteiger charge is -2.09. The molecule has 0 aromatic heterocycles. The number of hydrogen-bond acceptors (Lipinski definition) is 2. The van der Waals surface area contributed by atoms with E-state index < -0.39 is 0 Å². The van der Waals surface area contributed by atoms with Crippen LogP contribution in [0.3, 0.4) is 0 Å². The maximum Gasteiger partial charge on any atom is 0.251 e. The minimum absolute atomic E-state index is 0.0376. The molecule has 0 aliphatic heterocycles. The van der Waals surface area contributed by atoms with E-state index in [2.05, 4.69) is 10.6 Å². The zero-order valence-corrected chi connectivity index (χ0v) is 15.6. The molecular weight excluding hydrogens is 360 g/mol. The molecule has 0 unspecified atom stereocenters. The van der Waals surface area contributed by atoms with Crippen LogP contribution < -0.4 is 10.6 Å². The zero-order valence-electron chi connectivity index (χ0n) is 14.9. The molecule has 138 valence electrons. The quantitative estimate of drug-likeness (QED) is 0.609. The third-order valence-corrected chi connectivity index (χ3v) is 4.57. The first-order valence-corrected chi connectivity index (χ1v) is 9.28. The van der Waals surface area contributed by atoms with Gasteiger partial charge in [-0.15, -0.1) is 0 Å². The standard InChI is InChI=1S/C22H21ClN2O2/c23-18-11-8-16(9-12-18)10-13-21(26)24-14-15-25-22(27)20-7-3-5-17-4-1-2-6-19(17)20/h1-9,11-12H,10,13-15H2,(H,24,26)(H,25,27). The summed E-state index contributed by atoms with van der Waals surface area (Å²) in [5.74, 6) is -0.174. The Morgan fingerprint density at radius 3 is 2.33 bits per heavy atom. The SMILES string of the molecule is O=C(CCc1ccc(Cl)cc1)NCCNC(=O)c1cccc2ccccc12. The molecule has 0 aliphatic carbocycles. The highest BCUT2D eigenvalue weighted by Crippen LogP contribution is 2.18. The van der Waals surface area contributed by atoms with E-state index in [1.165, 1.54) is 0 Å². The maximum atomic E-state index is 12.4. The van der Waals surface area contributed by atoms with Crippen molar-refractivity contribution in [1.29, 1.82) is 0 Å². The predicted octanol–water partition coefficient (Wildman–Crippen LogP) is 3.97. The van der Waals surface area contributed by atoms with Gasteiger partial charge < -0.3 is 10.6 Å². The van der Waals surface area contributed by atoms with Gasteiger partial charge in [-0.2, -0.15) is 0 Å². The van der Waals surface area contributed by atoms with Gasteiger partial charge in [-0.25, -0.2) is 0 Å². The average Bonchev–Trinajstić information content (AvgIpc) is 2.70. The molecule has 3 aromatic rings. The van der Waals surface area contributed by atoms with E-state index in [9.17, 15) is 9.59 Å².